The second-order valence-electron chi connectivity index (χ2n) is 1.93. The first-order valence-electron chi connectivity index (χ1n) is 2.82. The minimum absolute atomic E-state index is 0.118. The number of pyridine rings is 1. The number of rotatable bonds is 1. The van der Waals surface area contributed by atoms with E-state index in [1.165, 1.54) is 0 Å². The molecule has 0 saturated heterocycles. The highest BCUT2D eigenvalue weighted by Crippen LogP contribution is 2.25. The average molecular weight is 352 g/mol. The van der Waals surface area contributed by atoms with Gasteiger partial charge in [-0.15, -0.1) is 0 Å². The summed E-state index contributed by atoms with van der Waals surface area (Å²) in [7, 11) is 0. The van der Waals surface area contributed by atoms with Crippen LogP contribution in [0.4, 0.5) is 13.2 Å². The van der Waals surface area contributed by atoms with Gasteiger partial charge >= 0.3 is 0 Å². The van der Waals surface area contributed by atoms with Crippen molar-refractivity contribution in [2.45, 2.75) is 6.43 Å². The molecule has 0 aliphatic heterocycles. The third-order valence-corrected chi connectivity index (χ3v) is 3.46. The molecule has 0 saturated carbocycles. The zero-order valence-electron chi connectivity index (χ0n) is 5.49. The van der Waals surface area contributed by atoms with Crippen molar-refractivity contribution in [1.82, 2.24) is 4.98 Å². The van der Waals surface area contributed by atoms with Crippen LogP contribution in [-0.4, -0.2) is 4.98 Å². The van der Waals surface area contributed by atoms with Crippen molar-refractivity contribution in [3.05, 3.63) is 25.8 Å². The third-order valence-electron chi connectivity index (χ3n) is 1.12. The average Bonchev–Trinajstić information content (AvgIpc) is 1.99. The highest BCUT2D eigenvalue weighted by atomic mass is 127. The minimum atomic E-state index is -2.74. The van der Waals surface area contributed by atoms with E-state index in [-0.39, 0.29) is 4.47 Å². The van der Waals surface area contributed by atoms with Crippen LogP contribution in [-0.2, 0) is 0 Å². The van der Waals surface area contributed by atoms with Gasteiger partial charge in [0.1, 0.15) is 5.69 Å². The van der Waals surface area contributed by atoms with E-state index in [2.05, 4.69) is 20.9 Å². The molecule has 1 aromatic heterocycles. The molecule has 1 aromatic rings. The number of halogens is 5. The monoisotopic (exact) mass is 351 g/mol. The Hall–Kier alpha value is 0.150. The zero-order chi connectivity index (χ0) is 9.30. The molecule has 0 aliphatic carbocycles. The van der Waals surface area contributed by atoms with Crippen molar-refractivity contribution in [3.63, 3.8) is 0 Å². The van der Waals surface area contributed by atoms with Gasteiger partial charge in [-0.1, -0.05) is 0 Å². The number of alkyl halides is 2. The Morgan fingerprint density at radius 3 is 2.50 bits per heavy atom. The van der Waals surface area contributed by atoms with Gasteiger partial charge < -0.3 is 0 Å². The normalized spacial score (nSPS) is 10.8. The maximum Gasteiger partial charge on any atom is 0.280 e. The van der Waals surface area contributed by atoms with E-state index in [9.17, 15) is 13.2 Å². The Bertz CT molecular complexity index is 282. The zero-order valence-corrected chi connectivity index (χ0v) is 9.24. The molecular formula is C6H2BrF3IN. The lowest BCUT2D eigenvalue weighted by Crippen LogP contribution is -1.96. The molecule has 1 nitrogen and oxygen atoms in total. The first-order chi connectivity index (χ1) is 5.52. The minimum Gasteiger partial charge on any atom is -0.218 e. The van der Waals surface area contributed by atoms with Gasteiger partial charge in [-0.25, -0.2) is 13.8 Å². The van der Waals surface area contributed by atoms with Crippen molar-refractivity contribution in [2.75, 3.05) is 0 Å². The Morgan fingerprint density at radius 1 is 1.50 bits per heavy atom. The van der Waals surface area contributed by atoms with E-state index in [0.29, 0.717) is 3.57 Å². The van der Waals surface area contributed by atoms with Gasteiger partial charge in [-0.2, -0.15) is 4.39 Å². The second kappa shape index (κ2) is 3.91. The summed E-state index contributed by atoms with van der Waals surface area (Å²) in [6.45, 7) is 0. The van der Waals surface area contributed by atoms with Gasteiger partial charge in [0.15, 0.2) is 0 Å². The summed E-state index contributed by atoms with van der Waals surface area (Å²) in [6.07, 6.45) is -2.74. The van der Waals surface area contributed by atoms with Gasteiger partial charge in [-0.3, -0.25) is 0 Å². The maximum atomic E-state index is 12.7. The Morgan fingerprint density at radius 2 is 2.08 bits per heavy atom. The fourth-order valence-corrected chi connectivity index (χ4v) is 1.34. The summed E-state index contributed by atoms with van der Waals surface area (Å²) in [5.41, 5.74) is -0.542. The molecule has 0 atom stereocenters. The van der Waals surface area contributed by atoms with Gasteiger partial charge in [0.25, 0.3) is 6.43 Å². The van der Waals surface area contributed by atoms with Crippen molar-refractivity contribution < 1.29 is 13.2 Å². The fraction of sp³-hybridized carbons (Fsp3) is 0.167. The van der Waals surface area contributed by atoms with E-state index in [4.69, 9.17) is 0 Å². The quantitative estimate of drug-likeness (QED) is 0.557. The lowest BCUT2D eigenvalue weighted by molar-refractivity contribution is 0.144. The molecule has 0 spiro atoms. The molecule has 0 amide bonds. The molecule has 0 radical (unpaired) electrons. The van der Waals surface area contributed by atoms with E-state index >= 15 is 0 Å². The van der Waals surface area contributed by atoms with Crippen molar-refractivity contribution in [2.24, 2.45) is 0 Å². The van der Waals surface area contributed by atoms with E-state index in [1.54, 1.807) is 22.6 Å². The standard InChI is InChI=1S/C6H2BrF3IN/c7-4-2(11)1-3(5(8)9)12-6(4)10/h1,5H. The summed E-state index contributed by atoms with van der Waals surface area (Å²) in [6, 6.07) is 1.14. The van der Waals surface area contributed by atoms with Gasteiger partial charge in [-0.05, 0) is 44.6 Å². The van der Waals surface area contributed by atoms with Crippen LogP contribution in [0, 0.1) is 9.52 Å². The molecule has 1 heterocycles. The molecule has 12 heavy (non-hydrogen) atoms. The molecule has 6 heteroatoms. The van der Waals surface area contributed by atoms with Crippen molar-refractivity contribution in [3.8, 4) is 0 Å². The predicted octanol–water partition coefficient (Wildman–Crippen LogP) is 3.53. The predicted molar refractivity (Wildman–Crippen MR) is 49.6 cm³/mol. The number of nitrogens with zero attached hydrogens (tertiary/aromatic N) is 1. The van der Waals surface area contributed by atoms with Gasteiger partial charge in [0.2, 0.25) is 5.95 Å². The van der Waals surface area contributed by atoms with Crippen LogP contribution in [0.15, 0.2) is 10.5 Å². The lowest BCUT2D eigenvalue weighted by atomic mass is 10.4. The molecule has 0 fully saturated rings. The van der Waals surface area contributed by atoms with Gasteiger partial charge in [0.05, 0.1) is 4.47 Å². The Labute approximate surface area is 88.6 Å². The Kier molecular flexibility index (Phi) is 3.33. The smallest absolute Gasteiger partial charge is 0.218 e. The molecule has 1 rings (SSSR count). The third kappa shape index (κ3) is 2.09. The van der Waals surface area contributed by atoms with E-state index in [1.807, 2.05) is 0 Å². The summed E-state index contributed by atoms with van der Waals surface area (Å²) in [4.78, 5) is 3.06. The van der Waals surface area contributed by atoms with Gasteiger partial charge in [0, 0.05) is 3.57 Å². The summed E-state index contributed by atoms with van der Waals surface area (Å²) >= 11 is 4.62. The molecule has 0 aromatic carbocycles. The van der Waals surface area contributed by atoms with E-state index in [0.717, 1.165) is 6.07 Å². The van der Waals surface area contributed by atoms with E-state index < -0.39 is 18.1 Å². The maximum absolute atomic E-state index is 12.7. The number of aromatic nitrogens is 1. The Balaban J connectivity index is 3.21. The first kappa shape index (κ1) is 10.2. The van der Waals surface area contributed by atoms with Crippen LogP contribution in [0.3, 0.4) is 0 Å². The van der Waals surface area contributed by atoms with Crippen molar-refractivity contribution >= 4 is 38.5 Å². The summed E-state index contributed by atoms with van der Waals surface area (Å²) in [5.74, 6) is -0.905. The molecule has 0 N–H and O–H groups in total. The second-order valence-corrected chi connectivity index (χ2v) is 3.89. The number of hydrogen-bond donors (Lipinski definition) is 0. The molecule has 0 bridgehead atoms. The SMILES string of the molecule is Fc1nc(C(F)F)cc(I)c1Br. The summed E-state index contributed by atoms with van der Waals surface area (Å²) in [5, 5.41) is 0. The fourth-order valence-electron chi connectivity index (χ4n) is 0.598. The van der Waals surface area contributed by atoms with Crippen LogP contribution in [0.2, 0.25) is 0 Å². The van der Waals surface area contributed by atoms with Crippen LogP contribution >= 0.6 is 38.5 Å². The van der Waals surface area contributed by atoms with Crippen LogP contribution < -0.4 is 0 Å². The lowest BCUT2D eigenvalue weighted by Gasteiger charge is -2.01. The van der Waals surface area contributed by atoms with Crippen LogP contribution in [0.1, 0.15) is 12.1 Å². The number of hydrogen-bond acceptors (Lipinski definition) is 1. The topological polar surface area (TPSA) is 12.9 Å². The molecule has 0 aliphatic rings. The molecule has 0 unspecified atom stereocenters. The molecule has 66 valence electrons. The highest BCUT2D eigenvalue weighted by molar-refractivity contribution is 14.1. The largest absolute Gasteiger partial charge is 0.280 e. The first-order valence-corrected chi connectivity index (χ1v) is 4.69. The summed E-state index contributed by atoms with van der Waals surface area (Å²) < 4.78 is 37.2. The van der Waals surface area contributed by atoms with Crippen LogP contribution in [0.25, 0.3) is 0 Å². The van der Waals surface area contributed by atoms with Crippen molar-refractivity contribution in [1.29, 1.82) is 0 Å². The van der Waals surface area contributed by atoms with Crippen LogP contribution in [0.5, 0.6) is 0 Å². The molecular weight excluding hydrogens is 350 g/mol. The highest BCUT2D eigenvalue weighted by Gasteiger charge is 2.14.